The Morgan fingerprint density at radius 3 is 2.90 bits per heavy atom. The van der Waals surface area contributed by atoms with Gasteiger partial charge >= 0.3 is 0 Å². The smallest absolute Gasteiger partial charge is 0.272 e. The van der Waals surface area contributed by atoms with E-state index in [0.29, 0.717) is 31.7 Å². The van der Waals surface area contributed by atoms with Crippen LogP contribution in [0.25, 0.3) is 10.9 Å². The molecule has 6 heteroatoms. The number of benzene rings is 1. The molecule has 0 bridgehead atoms. The van der Waals surface area contributed by atoms with Gasteiger partial charge in [-0.2, -0.15) is 5.10 Å². The number of hydrogen-bond acceptors (Lipinski definition) is 4. The Morgan fingerprint density at radius 1 is 1.40 bits per heavy atom. The van der Waals surface area contributed by atoms with Crippen LogP contribution >= 0.6 is 0 Å². The van der Waals surface area contributed by atoms with Crippen molar-refractivity contribution >= 4 is 16.8 Å². The lowest BCUT2D eigenvalue weighted by atomic mass is 9.90. The highest BCUT2D eigenvalue weighted by Gasteiger charge is 2.34. The van der Waals surface area contributed by atoms with Crippen molar-refractivity contribution in [3.8, 4) is 0 Å². The fourth-order valence-corrected chi connectivity index (χ4v) is 2.52. The number of aliphatic hydroxyl groups is 1. The van der Waals surface area contributed by atoms with Crippen LogP contribution in [-0.2, 0) is 4.74 Å². The number of aliphatic hydroxyl groups excluding tert-OH is 1. The maximum absolute atomic E-state index is 12.4. The van der Waals surface area contributed by atoms with E-state index in [1.54, 1.807) is 0 Å². The van der Waals surface area contributed by atoms with Gasteiger partial charge in [-0.15, -0.1) is 0 Å². The van der Waals surface area contributed by atoms with Gasteiger partial charge in [0, 0.05) is 18.6 Å². The molecule has 0 unspecified atom stereocenters. The van der Waals surface area contributed by atoms with E-state index in [1.807, 2.05) is 24.3 Å². The predicted molar refractivity (Wildman–Crippen MR) is 73.4 cm³/mol. The summed E-state index contributed by atoms with van der Waals surface area (Å²) >= 11 is 0. The molecule has 0 spiro atoms. The van der Waals surface area contributed by atoms with Crippen LogP contribution < -0.4 is 5.32 Å². The van der Waals surface area contributed by atoms with Crippen molar-refractivity contribution in [2.75, 3.05) is 19.8 Å². The highest BCUT2D eigenvalue weighted by molar-refractivity contribution is 6.04. The number of nitrogens with zero attached hydrogens (tertiary/aromatic N) is 1. The molecule has 1 fully saturated rings. The third-order valence-electron chi connectivity index (χ3n) is 3.82. The van der Waals surface area contributed by atoms with Crippen molar-refractivity contribution in [3.05, 3.63) is 30.0 Å². The number of H-pyrrole nitrogens is 1. The van der Waals surface area contributed by atoms with Crippen LogP contribution in [0.5, 0.6) is 0 Å². The average Bonchev–Trinajstić information content (AvgIpc) is 2.92. The topological polar surface area (TPSA) is 87.2 Å². The second-order valence-corrected chi connectivity index (χ2v) is 5.12. The largest absolute Gasteiger partial charge is 0.394 e. The van der Waals surface area contributed by atoms with E-state index in [1.165, 1.54) is 0 Å². The summed E-state index contributed by atoms with van der Waals surface area (Å²) in [5, 5.41) is 20.2. The molecule has 2 heterocycles. The van der Waals surface area contributed by atoms with Gasteiger partial charge in [-0.05, 0) is 18.9 Å². The van der Waals surface area contributed by atoms with Crippen LogP contribution in [-0.4, -0.2) is 46.6 Å². The Kier molecular flexibility index (Phi) is 3.42. The van der Waals surface area contributed by atoms with E-state index >= 15 is 0 Å². The molecule has 106 valence electrons. The second kappa shape index (κ2) is 5.22. The van der Waals surface area contributed by atoms with Gasteiger partial charge in [0.2, 0.25) is 0 Å². The first-order valence-corrected chi connectivity index (χ1v) is 6.68. The highest BCUT2D eigenvalue weighted by Crippen LogP contribution is 2.22. The summed E-state index contributed by atoms with van der Waals surface area (Å²) in [6.07, 6.45) is 1.22. The number of hydrogen-bond donors (Lipinski definition) is 3. The lowest BCUT2D eigenvalue weighted by Gasteiger charge is -2.36. The molecule has 1 aliphatic rings. The Balaban J connectivity index is 1.85. The van der Waals surface area contributed by atoms with Crippen molar-refractivity contribution in [1.82, 2.24) is 15.5 Å². The van der Waals surface area contributed by atoms with Gasteiger partial charge in [-0.3, -0.25) is 9.89 Å². The van der Waals surface area contributed by atoms with E-state index in [2.05, 4.69) is 15.5 Å². The van der Waals surface area contributed by atoms with Crippen LogP contribution in [0, 0.1) is 0 Å². The first-order valence-electron chi connectivity index (χ1n) is 6.68. The number of fused-ring (bicyclic) bond motifs is 1. The minimum absolute atomic E-state index is 0.0928. The molecular weight excluding hydrogens is 258 g/mol. The highest BCUT2D eigenvalue weighted by atomic mass is 16.5. The standard InChI is InChI=1S/C14H17N3O3/c18-9-14(5-7-20-8-6-14)15-13(19)12-10-3-1-2-4-11(10)16-17-12/h1-4,18H,5-9H2,(H,15,19)(H,16,17). The molecule has 1 amide bonds. The molecule has 1 saturated heterocycles. The van der Waals surface area contributed by atoms with E-state index in [9.17, 15) is 9.90 Å². The molecule has 1 aromatic heterocycles. The zero-order chi connectivity index (χ0) is 14.0. The molecule has 20 heavy (non-hydrogen) atoms. The molecule has 6 nitrogen and oxygen atoms in total. The molecule has 2 aromatic rings. The Morgan fingerprint density at radius 2 is 2.15 bits per heavy atom. The fourth-order valence-electron chi connectivity index (χ4n) is 2.52. The number of aromatic amines is 1. The van der Waals surface area contributed by atoms with Crippen LogP contribution in [0.1, 0.15) is 23.3 Å². The summed E-state index contributed by atoms with van der Waals surface area (Å²) in [5.41, 5.74) is 0.581. The Hall–Kier alpha value is -1.92. The zero-order valence-corrected chi connectivity index (χ0v) is 11.1. The van der Waals surface area contributed by atoms with Crippen LogP contribution in [0.2, 0.25) is 0 Å². The van der Waals surface area contributed by atoms with E-state index in [-0.39, 0.29) is 12.5 Å². The minimum Gasteiger partial charge on any atom is -0.394 e. The van der Waals surface area contributed by atoms with Crippen molar-refractivity contribution in [3.63, 3.8) is 0 Å². The normalized spacial score (nSPS) is 18.1. The van der Waals surface area contributed by atoms with Gasteiger partial charge in [-0.1, -0.05) is 18.2 Å². The Bertz CT molecular complexity index is 617. The molecule has 1 aliphatic heterocycles. The van der Waals surface area contributed by atoms with E-state index in [0.717, 1.165) is 10.9 Å². The van der Waals surface area contributed by atoms with Crippen molar-refractivity contribution in [2.45, 2.75) is 18.4 Å². The molecule has 0 saturated carbocycles. The van der Waals surface area contributed by atoms with Gasteiger partial charge in [-0.25, -0.2) is 0 Å². The van der Waals surface area contributed by atoms with Gasteiger partial charge in [0.05, 0.1) is 17.7 Å². The number of carbonyl (C=O) groups excluding carboxylic acids is 1. The van der Waals surface area contributed by atoms with Gasteiger partial charge in [0.1, 0.15) is 0 Å². The van der Waals surface area contributed by atoms with Crippen molar-refractivity contribution < 1.29 is 14.6 Å². The summed E-state index contributed by atoms with van der Waals surface area (Å²) in [6.45, 7) is 0.995. The summed E-state index contributed by atoms with van der Waals surface area (Å²) < 4.78 is 5.28. The zero-order valence-electron chi connectivity index (χ0n) is 11.1. The first kappa shape index (κ1) is 13.1. The molecular formula is C14H17N3O3. The maximum Gasteiger partial charge on any atom is 0.272 e. The molecule has 0 atom stereocenters. The summed E-state index contributed by atoms with van der Waals surface area (Å²) in [6, 6.07) is 7.47. The predicted octanol–water partition coefficient (Wildman–Crippen LogP) is 0.834. The quantitative estimate of drug-likeness (QED) is 0.774. The lowest BCUT2D eigenvalue weighted by molar-refractivity contribution is 0.0125. The van der Waals surface area contributed by atoms with Crippen molar-refractivity contribution in [1.29, 1.82) is 0 Å². The third kappa shape index (κ3) is 2.28. The summed E-state index contributed by atoms with van der Waals surface area (Å²) in [5.74, 6) is -0.265. The third-order valence-corrected chi connectivity index (χ3v) is 3.82. The number of rotatable bonds is 3. The average molecular weight is 275 g/mol. The van der Waals surface area contributed by atoms with E-state index in [4.69, 9.17) is 4.74 Å². The monoisotopic (exact) mass is 275 g/mol. The van der Waals surface area contributed by atoms with E-state index < -0.39 is 5.54 Å². The number of nitrogens with one attached hydrogen (secondary N) is 2. The van der Waals surface area contributed by atoms with Gasteiger partial charge < -0.3 is 15.2 Å². The minimum atomic E-state index is -0.602. The van der Waals surface area contributed by atoms with Crippen LogP contribution in [0.15, 0.2) is 24.3 Å². The number of amides is 1. The lowest BCUT2D eigenvalue weighted by Crippen LogP contribution is -2.54. The van der Waals surface area contributed by atoms with Crippen LogP contribution in [0.4, 0.5) is 0 Å². The molecule has 1 aromatic carbocycles. The first-order chi connectivity index (χ1) is 9.74. The molecule has 3 N–H and O–H groups in total. The SMILES string of the molecule is O=C(NC1(CO)CCOCC1)c1n[nH]c2ccccc12. The molecule has 3 rings (SSSR count). The number of ether oxygens (including phenoxy) is 1. The number of para-hydroxylation sites is 1. The fraction of sp³-hybridized carbons (Fsp3) is 0.429. The van der Waals surface area contributed by atoms with Crippen LogP contribution in [0.3, 0.4) is 0 Å². The summed E-state index contributed by atoms with van der Waals surface area (Å²) in [4.78, 5) is 12.4. The van der Waals surface area contributed by atoms with Gasteiger partial charge in [0.25, 0.3) is 5.91 Å². The van der Waals surface area contributed by atoms with Crippen molar-refractivity contribution in [2.24, 2.45) is 0 Å². The molecule has 0 radical (unpaired) electrons. The maximum atomic E-state index is 12.4. The van der Waals surface area contributed by atoms with Gasteiger partial charge in [0.15, 0.2) is 5.69 Å². The number of carbonyl (C=O) groups is 1. The summed E-state index contributed by atoms with van der Waals surface area (Å²) in [7, 11) is 0. The molecule has 0 aliphatic carbocycles. The Labute approximate surface area is 116 Å². The second-order valence-electron chi connectivity index (χ2n) is 5.12. The number of aromatic nitrogens is 2.